The first-order chi connectivity index (χ1) is 22.2. The molecule has 2 unspecified atom stereocenters. The fraction of sp³-hybridized carbons (Fsp3) is 0.486. The minimum absolute atomic E-state index is 0.0147. The zero-order valence-corrected chi connectivity index (χ0v) is 28.0. The third kappa shape index (κ3) is 5.35. The van der Waals surface area contributed by atoms with Gasteiger partial charge in [-0.1, -0.05) is 68.0 Å². The highest BCUT2D eigenvalue weighted by Crippen LogP contribution is 2.66. The molecule has 4 aliphatic rings. The Bertz CT molecular complexity index is 1510. The second-order valence-corrected chi connectivity index (χ2v) is 14.9. The smallest absolute Gasteiger partial charge is 0.247 e. The van der Waals surface area contributed by atoms with Crippen LogP contribution in [0.1, 0.15) is 46.1 Å². The maximum atomic E-state index is 15.0. The van der Waals surface area contributed by atoms with Gasteiger partial charge in [0.1, 0.15) is 11.8 Å². The monoisotopic (exact) mass is 643 g/mol. The molecule has 9 heteroatoms. The van der Waals surface area contributed by atoms with Gasteiger partial charge in [-0.25, -0.2) is 0 Å². The largest absolute Gasteiger partial charge is 0.494 e. The molecular weight excluding hydrogens is 598 g/mol. The number of fused-ring (bicyclic) bond motifs is 2. The van der Waals surface area contributed by atoms with Crippen molar-refractivity contribution in [1.29, 1.82) is 0 Å². The second kappa shape index (κ2) is 12.9. The summed E-state index contributed by atoms with van der Waals surface area (Å²) in [7, 11) is 0. The molecule has 2 saturated heterocycles. The fourth-order valence-electron chi connectivity index (χ4n) is 8.10. The summed E-state index contributed by atoms with van der Waals surface area (Å²) in [5, 5.41) is 10.8. The first kappa shape index (κ1) is 32.4. The fourth-order valence-corrected chi connectivity index (χ4v) is 10.2. The molecule has 0 aromatic heterocycles. The Hall–Kier alpha value is -3.56. The van der Waals surface area contributed by atoms with E-state index in [0.717, 1.165) is 29.8 Å². The molecule has 0 bridgehead atoms. The van der Waals surface area contributed by atoms with Crippen molar-refractivity contribution in [3.8, 4) is 5.75 Å². The summed E-state index contributed by atoms with van der Waals surface area (Å²) in [4.78, 5) is 49.9. The van der Waals surface area contributed by atoms with Crippen molar-refractivity contribution in [3.05, 3.63) is 84.5 Å². The summed E-state index contributed by atoms with van der Waals surface area (Å²) in [6, 6.07) is 15.8. The zero-order valence-electron chi connectivity index (χ0n) is 27.2. The molecule has 2 aromatic rings. The highest BCUT2D eigenvalue weighted by Gasteiger charge is 2.74. The molecular formula is C37H45N3O5S. The van der Waals surface area contributed by atoms with Crippen molar-refractivity contribution >= 4 is 35.2 Å². The highest BCUT2D eigenvalue weighted by molar-refractivity contribution is 8.02. The van der Waals surface area contributed by atoms with Gasteiger partial charge in [0.25, 0.3) is 0 Å². The van der Waals surface area contributed by atoms with Gasteiger partial charge in [-0.05, 0) is 63.4 Å². The summed E-state index contributed by atoms with van der Waals surface area (Å²) in [6.45, 7) is 9.21. The van der Waals surface area contributed by atoms with Crippen LogP contribution in [0.25, 0.3) is 0 Å². The van der Waals surface area contributed by atoms with Crippen molar-refractivity contribution < 1.29 is 24.2 Å². The Morgan fingerprint density at radius 3 is 2.33 bits per heavy atom. The number of anilines is 1. The molecule has 7 atom stereocenters. The van der Waals surface area contributed by atoms with Crippen LogP contribution >= 0.6 is 11.8 Å². The second-order valence-electron chi connectivity index (χ2n) is 13.1. The number of rotatable bonds is 10. The Labute approximate surface area is 276 Å². The van der Waals surface area contributed by atoms with Gasteiger partial charge in [-0.3, -0.25) is 14.4 Å². The van der Waals surface area contributed by atoms with Crippen LogP contribution in [0.2, 0.25) is 0 Å². The average molecular weight is 644 g/mol. The number of likely N-dealkylation sites (tertiary alicyclic amines) is 1. The summed E-state index contributed by atoms with van der Waals surface area (Å²) in [6.07, 6.45) is 10.3. The number of carbonyl (C=O) groups is 3. The van der Waals surface area contributed by atoms with Crippen LogP contribution in [0.15, 0.2) is 78.9 Å². The minimum atomic E-state index is -0.972. The molecule has 2 fully saturated rings. The van der Waals surface area contributed by atoms with E-state index in [1.165, 1.54) is 0 Å². The summed E-state index contributed by atoms with van der Waals surface area (Å²) < 4.78 is 3.94. The van der Waals surface area contributed by atoms with E-state index < -0.39 is 33.4 Å². The SMILES string of the molecule is CCCC(C)N1CC=C[C@]23S[C@@]4(C)C=CCN(c5ccc(OCC)cc5)C(=O)[C@H]4[C@H]2C(=O)N([C@@H](CO)Cc2ccccc2)C3C1=O. The molecule has 46 heavy (non-hydrogen) atoms. The first-order valence-corrected chi connectivity index (χ1v) is 17.4. The highest BCUT2D eigenvalue weighted by atomic mass is 32.2. The maximum Gasteiger partial charge on any atom is 0.247 e. The molecule has 3 amide bonds. The Balaban J connectivity index is 1.45. The third-order valence-corrected chi connectivity index (χ3v) is 11.9. The van der Waals surface area contributed by atoms with Crippen LogP contribution in [-0.4, -0.2) is 86.6 Å². The van der Waals surface area contributed by atoms with Gasteiger partial charge in [0.05, 0.1) is 35.8 Å². The Kier molecular flexibility index (Phi) is 9.09. The van der Waals surface area contributed by atoms with E-state index in [-0.39, 0.29) is 30.4 Å². The molecule has 2 aromatic carbocycles. The van der Waals surface area contributed by atoms with Gasteiger partial charge >= 0.3 is 0 Å². The van der Waals surface area contributed by atoms with Crippen LogP contribution in [0, 0.1) is 11.8 Å². The molecule has 0 saturated carbocycles. The van der Waals surface area contributed by atoms with Gasteiger partial charge in [-0.2, -0.15) is 0 Å². The standard InChI is InChI=1S/C37H45N3O5S/c1-5-12-25(3)38-21-11-20-37-31(34(43)40(32(37)35(38)44)28(24-41)23-26-13-8-7-9-14-26)30-33(42)39(22-10-19-36(30,4)46-37)27-15-17-29(18-16-27)45-6-2/h7-11,13-20,25,28,30-32,41H,5-6,12,21-24H2,1-4H3/t25?,28-,30-,31+,32?,36+,37+/m1/s1. The normalized spacial score (nSPS) is 30.1. The third-order valence-electron chi connectivity index (χ3n) is 10.1. The molecule has 8 nitrogen and oxygen atoms in total. The van der Waals surface area contributed by atoms with Crippen molar-refractivity contribution in [2.75, 3.05) is 31.2 Å². The number of aliphatic hydroxyl groups is 1. The summed E-state index contributed by atoms with van der Waals surface area (Å²) in [5.74, 6) is -1.24. The molecule has 0 aliphatic carbocycles. The van der Waals surface area contributed by atoms with E-state index in [1.54, 1.807) is 21.6 Å². The van der Waals surface area contributed by atoms with Crippen molar-refractivity contribution in [3.63, 3.8) is 0 Å². The lowest BCUT2D eigenvalue weighted by molar-refractivity contribution is -0.146. The predicted octanol–water partition coefficient (Wildman–Crippen LogP) is 4.87. The predicted molar refractivity (Wildman–Crippen MR) is 182 cm³/mol. The van der Waals surface area contributed by atoms with Crippen LogP contribution in [0.3, 0.4) is 0 Å². The topological polar surface area (TPSA) is 90.4 Å². The lowest BCUT2D eigenvalue weighted by Crippen LogP contribution is -2.58. The lowest BCUT2D eigenvalue weighted by Gasteiger charge is -2.41. The number of nitrogens with zero attached hydrogens (tertiary/aromatic N) is 3. The van der Waals surface area contributed by atoms with Crippen LogP contribution in [-0.2, 0) is 20.8 Å². The molecule has 4 heterocycles. The van der Waals surface area contributed by atoms with Crippen LogP contribution in [0.5, 0.6) is 5.75 Å². The van der Waals surface area contributed by atoms with E-state index in [0.29, 0.717) is 26.1 Å². The van der Waals surface area contributed by atoms with Crippen molar-refractivity contribution in [2.45, 2.75) is 74.6 Å². The molecule has 1 spiro atoms. The number of hydrogen-bond donors (Lipinski definition) is 1. The molecule has 4 aliphatic heterocycles. The van der Waals surface area contributed by atoms with Gasteiger partial charge in [0, 0.05) is 29.6 Å². The van der Waals surface area contributed by atoms with Gasteiger partial charge in [0.15, 0.2) is 0 Å². The minimum Gasteiger partial charge on any atom is -0.494 e. The summed E-state index contributed by atoms with van der Waals surface area (Å²) >= 11 is 1.58. The number of ether oxygens (including phenoxy) is 1. The zero-order chi connectivity index (χ0) is 32.6. The number of benzene rings is 2. The van der Waals surface area contributed by atoms with E-state index in [9.17, 15) is 19.5 Å². The van der Waals surface area contributed by atoms with E-state index >= 15 is 0 Å². The Morgan fingerprint density at radius 2 is 1.65 bits per heavy atom. The van der Waals surface area contributed by atoms with Crippen molar-refractivity contribution in [2.24, 2.45) is 11.8 Å². The number of aliphatic hydroxyl groups excluding tert-OH is 1. The van der Waals surface area contributed by atoms with E-state index in [4.69, 9.17) is 4.74 Å². The van der Waals surface area contributed by atoms with Crippen molar-refractivity contribution in [1.82, 2.24) is 9.80 Å². The van der Waals surface area contributed by atoms with E-state index in [1.807, 2.05) is 85.5 Å². The number of carbonyl (C=O) groups excluding carboxylic acids is 3. The van der Waals surface area contributed by atoms with Crippen LogP contribution < -0.4 is 9.64 Å². The molecule has 0 radical (unpaired) electrons. The van der Waals surface area contributed by atoms with Crippen LogP contribution in [0.4, 0.5) is 5.69 Å². The number of thioether (sulfide) groups is 1. The van der Waals surface area contributed by atoms with Gasteiger partial charge < -0.3 is 24.5 Å². The molecule has 6 rings (SSSR count). The van der Waals surface area contributed by atoms with Gasteiger partial charge in [-0.15, -0.1) is 11.8 Å². The number of amides is 3. The molecule has 244 valence electrons. The summed E-state index contributed by atoms with van der Waals surface area (Å²) in [5.41, 5.74) is 1.71. The first-order valence-electron chi connectivity index (χ1n) is 16.6. The van der Waals surface area contributed by atoms with E-state index in [2.05, 4.69) is 26.0 Å². The number of hydrogen-bond acceptors (Lipinski definition) is 6. The maximum absolute atomic E-state index is 15.0. The lowest BCUT2D eigenvalue weighted by atomic mass is 9.74. The molecule has 1 N–H and O–H groups in total. The average Bonchev–Trinajstić information content (AvgIpc) is 3.32. The van der Waals surface area contributed by atoms with Gasteiger partial charge in [0.2, 0.25) is 17.7 Å². The Morgan fingerprint density at radius 1 is 0.935 bits per heavy atom. The quantitative estimate of drug-likeness (QED) is 0.372.